The number of aryl methyl sites for hydroxylation is 2. The average molecular weight is 1370 g/mol. The van der Waals surface area contributed by atoms with Gasteiger partial charge in [0, 0.05) is 27.5 Å². The number of hydrogen-bond donors (Lipinski definition) is 0. The maximum absolute atomic E-state index is 5.94. The van der Waals surface area contributed by atoms with Crippen LogP contribution in [0.3, 0.4) is 0 Å². The molecule has 0 unspecified atom stereocenters. The third-order valence-corrected chi connectivity index (χ3v) is 24.0. The molecule has 14 rings (SSSR count). The van der Waals surface area contributed by atoms with Crippen LogP contribution in [-0.4, -0.2) is 9.97 Å². The third kappa shape index (κ3) is 15.6. The van der Waals surface area contributed by atoms with E-state index in [4.69, 9.17) is 9.97 Å². The lowest BCUT2D eigenvalue weighted by Crippen LogP contribution is -2.26. The van der Waals surface area contributed by atoms with Crippen LogP contribution in [0.25, 0.3) is 122 Å². The molecule has 0 atom stereocenters. The monoisotopic (exact) mass is 1360 g/mol. The highest BCUT2D eigenvalue weighted by Gasteiger charge is 2.44. The second kappa shape index (κ2) is 33.9. The lowest BCUT2D eigenvalue weighted by atomic mass is 9.70. The van der Waals surface area contributed by atoms with E-state index < -0.39 is 0 Å². The summed E-state index contributed by atoms with van der Waals surface area (Å²) in [6, 6.07) is 89.2. The molecule has 0 bridgehead atoms. The average Bonchev–Trinajstić information content (AvgIpc) is 1.56. The van der Waals surface area contributed by atoms with Crippen molar-refractivity contribution >= 4 is 21.5 Å². The summed E-state index contributed by atoms with van der Waals surface area (Å²) >= 11 is 0. The van der Waals surface area contributed by atoms with E-state index in [0.717, 1.165) is 52.3 Å². The van der Waals surface area contributed by atoms with Gasteiger partial charge in [-0.3, -0.25) is 0 Å². The summed E-state index contributed by atoms with van der Waals surface area (Å²) in [6.07, 6.45) is 35.3. The Morgan fingerprint density at radius 1 is 0.231 bits per heavy atom. The molecule has 12 aromatic rings. The molecule has 1 aromatic heterocycles. The van der Waals surface area contributed by atoms with Gasteiger partial charge in [0.25, 0.3) is 0 Å². The molecule has 2 heteroatoms. The van der Waals surface area contributed by atoms with E-state index in [-0.39, 0.29) is 10.8 Å². The Kier molecular flexibility index (Phi) is 23.4. The van der Waals surface area contributed by atoms with Crippen LogP contribution in [0.5, 0.6) is 0 Å². The fraction of sp³-hybridized carbons (Fsp3) is 0.353. The number of benzene rings is 11. The number of fused-ring (bicyclic) bond motifs is 8. The quantitative estimate of drug-likeness (QED) is 0.0370. The van der Waals surface area contributed by atoms with Gasteiger partial charge < -0.3 is 0 Å². The largest absolute Gasteiger partial charge is 0.228 e. The molecule has 11 aromatic carbocycles. The second-order valence-electron chi connectivity index (χ2n) is 31.3. The zero-order valence-electron chi connectivity index (χ0n) is 63.6. The van der Waals surface area contributed by atoms with Gasteiger partial charge in [0.2, 0.25) is 0 Å². The first-order valence-electron chi connectivity index (χ1n) is 40.9. The van der Waals surface area contributed by atoms with Crippen molar-refractivity contribution < 1.29 is 0 Å². The van der Waals surface area contributed by atoms with Crippen molar-refractivity contribution in [3.05, 3.63) is 264 Å². The van der Waals surface area contributed by atoms with E-state index in [0.29, 0.717) is 0 Å². The molecule has 0 aliphatic heterocycles. The van der Waals surface area contributed by atoms with Crippen molar-refractivity contribution in [1.82, 2.24) is 9.97 Å². The molecule has 0 radical (unpaired) electrons. The van der Waals surface area contributed by atoms with Crippen LogP contribution in [-0.2, 0) is 10.8 Å². The number of rotatable bonds is 35. The van der Waals surface area contributed by atoms with Gasteiger partial charge in [0.05, 0.1) is 11.4 Å². The highest BCUT2D eigenvalue weighted by molar-refractivity contribution is 6.05. The summed E-state index contributed by atoms with van der Waals surface area (Å²) in [5.41, 5.74) is 29.2. The molecule has 530 valence electrons. The van der Waals surface area contributed by atoms with E-state index in [1.807, 2.05) is 0 Å². The van der Waals surface area contributed by atoms with Gasteiger partial charge in [-0.2, -0.15) is 0 Å². The van der Waals surface area contributed by atoms with Crippen molar-refractivity contribution in [1.29, 1.82) is 0 Å². The maximum atomic E-state index is 5.94. The molecular formula is C102H112N2. The Balaban J connectivity index is 0.954. The zero-order valence-corrected chi connectivity index (χ0v) is 63.6. The summed E-state index contributed by atoms with van der Waals surface area (Å²) in [5.74, 6) is 0.752. The number of aromatic nitrogens is 2. The van der Waals surface area contributed by atoms with E-state index in [1.54, 1.807) is 5.56 Å². The molecule has 2 aliphatic carbocycles. The van der Waals surface area contributed by atoms with E-state index in [9.17, 15) is 0 Å². The molecule has 0 amide bonds. The highest BCUT2D eigenvalue weighted by Crippen LogP contribution is 2.58. The first-order chi connectivity index (χ1) is 51.2. The molecule has 0 saturated carbocycles. The molecular weight excluding hydrogens is 1250 g/mol. The minimum absolute atomic E-state index is 0.0815. The standard InChI is InChI=1S/C102H112N2/c1-7-11-15-19-23-32-60-101(61-33-24-20-16-12-8-2)94-64-74(6)48-56-90(94)92-58-54-81(70-96(92)101)98-72-99(104-100(103-98)85-67-83(75-38-28-27-29-39-75)66-84(68-85)79-52-51-76-40-30-31-41-78(76)65-79)82-55-59-93-91-57-53-80(87-43-37-44-88-86(42-36-45-89(87)88)77-49-46-73(5)47-50-77)69-95(91)102(97(93)71-82,62-34-25-21-17-13-9-3)63-35-26-22-18-14-10-4/h27-31,36-59,64-72H,7-26,32-35,60-63H2,1-6H3. The normalized spacial score (nSPS) is 13.2. The van der Waals surface area contributed by atoms with Gasteiger partial charge in [-0.25, -0.2) is 9.97 Å². The number of unbranched alkanes of at least 4 members (excludes halogenated alkanes) is 20. The van der Waals surface area contributed by atoms with Crippen LogP contribution in [0, 0.1) is 13.8 Å². The molecule has 0 saturated heterocycles. The second-order valence-corrected chi connectivity index (χ2v) is 31.3. The summed E-state index contributed by atoms with van der Waals surface area (Å²) in [4.78, 5) is 11.9. The first kappa shape index (κ1) is 72.0. The van der Waals surface area contributed by atoms with Crippen LogP contribution in [0.15, 0.2) is 231 Å². The summed E-state index contributed by atoms with van der Waals surface area (Å²) < 4.78 is 0. The van der Waals surface area contributed by atoms with E-state index in [1.165, 1.54) is 278 Å². The Morgan fingerprint density at radius 2 is 0.615 bits per heavy atom. The zero-order chi connectivity index (χ0) is 71.2. The predicted molar refractivity (Wildman–Crippen MR) is 449 cm³/mol. The van der Waals surface area contributed by atoms with Crippen LogP contribution < -0.4 is 0 Å². The SMILES string of the molecule is CCCCCCCCC1(CCCCCCCC)c2cc(C)ccc2-c2ccc(-c3cc(-c4ccc5c(c4)C(CCCCCCCC)(CCCCCCCC)c4cc(-c6cccc7c(-c8ccc(C)cc8)cccc67)ccc4-5)nc(-c4cc(-c5ccccc5)cc(-c5ccc6ccccc6c5)c4)n3)cc21. The lowest BCUT2D eigenvalue weighted by molar-refractivity contribution is 0.398. The van der Waals surface area contributed by atoms with Gasteiger partial charge >= 0.3 is 0 Å². The molecule has 0 spiro atoms. The number of nitrogens with zero attached hydrogens (tertiary/aromatic N) is 2. The van der Waals surface area contributed by atoms with Crippen molar-refractivity contribution in [3.8, 4) is 101 Å². The van der Waals surface area contributed by atoms with Crippen molar-refractivity contribution in [3.63, 3.8) is 0 Å². The minimum Gasteiger partial charge on any atom is -0.228 e. The predicted octanol–water partition coefficient (Wildman–Crippen LogP) is 30.6. The Labute approximate surface area is 624 Å². The summed E-state index contributed by atoms with van der Waals surface area (Å²) in [6.45, 7) is 13.9. The lowest BCUT2D eigenvalue weighted by Gasteiger charge is -2.33. The Hall–Kier alpha value is -8.98. The van der Waals surface area contributed by atoms with E-state index in [2.05, 4.69) is 272 Å². The van der Waals surface area contributed by atoms with Crippen molar-refractivity contribution in [2.45, 2.75) is 232 Å². The minimum atomic E-state index is -0.190. The van der Waals surface area contributed by atoms with Crippen LogP contribution >= 0.6 is 0 Å². The molecule has 104 heavy (non-hydrogen) atoms. The maximum Gasteiger partial charge on any atom is 0.160 e. The van der Waals surface area contributed by atoms with Gasteiger partial charge in [-0.05, 0) is 199 Å². The van der Waals surface area contributed by atoms with Crippen LogP contribution in [0.4, 0.5) is 0 Å². The Morgan fingerprint density at radius 3 is 1.12 bits per heavy atom. The summed E-state index contributed by atoms with van der Waals surface area (Å²) in [7, 11) is 0. The van der Waals surface area contributed by atoms with Crippen molar-refractivity contribution in [2.24, 2.45) is 0 Å². The molecule has 2 aliphatic rings. The van der Waals surface area contributed by atoms with Crippen LogP contribution in [0.1, 0.15) is 241 Å². The smallest absolute Gasteiger partial charge is 0.160 e. The molecule has 2 nitrogen and oxygen atoms in total. The highest BCUT2D eigenvalue weighted by atomic mass is 14.9. The van der Waals surface area contributed by atoms with Crippen LogP contribution in [0.2, 0.25) is 0 Å². The van der Waals surface area contributed by atoms with Gasteiger partial charge in [0.1, 0.15) is 0 Å². The van der Waals surface area contributed by atoms with Gasteiger partial charge in [-0.1, -0.05) is 375 Å². The van der Waals surface area contributed by atoms with Gasteiger partial charge in [0.15, 0.2) is 5.82 Å². The first-order valence-corrected chi connectivity index (χ1v) is 40.9. The number of hydrogen-bond acceptors (Lipinski definition) is 2. The van der Waals surface area contributed by atoms with Gasteiger partial charge in [-0.15, -0.1) is 0 Å². The fourth-order valence-corrected chi connectivity index (χ4v) is 18.3. The molecule has 0 N–H and O–H groups in total. The molecule has 0 fully saturated rings. The third-order valence-electron chi connectivity index (χ3n) is 24.0. The topological polar surface area (TPSA) is 25.8 Å². The van der Waals surface area contributed by atoms with E-state index >= 15 is 0 Å². The molecule has 1 heterocycles. The summed E-state index contributed by atoms with van der Waals surface area (Å²) in [5, 5.41) is 5.08. The van der Waals surface area contributed by atoms with Crippen molar-refractivity contribution in [2.75, 3.05) is 0 Å². The fourth-order valence-electron chi connectivity index (χ4n) is 18.3. The Bertz CT molecular complexity index is 4860.